The van der Waals surface area contributed by atoms with Crippen molar-refractivity contribution < 1.29 is 9.59 Å². The number of ketones is 2. The molecule has 0 aliphatic heterocycles. The number of Topliss-reactive ketones (excluding diaryl/α,β-unsaturated/α-hetero) is 2. The van der Waals surface area contributed by atoms with Gasteiger partial charge < -0.3 is 0 Å². The third kappa shape index (κ3) is 4.75. The SMILES string of the molecule is CC1(C)[C@H]2CC[C@]1(C)[C@H](N=C(C(=O)c1ccccc1)c1ccccc1)[C@@H]2N=C(C(=O)c1ccccc1)c1ccccc1. The summed E-state index contributed by atoms with van der Waals surface area (Å²) in [6.07, 6.45) is 2.01. The van der Waals surface area contributed by atoms with Crippen LogP contribution in [0.5, 0.6) is 0 Å². The molecule has 0 spiro atoms. The van der Waals surface area contributed by atoms with Crippen molar-refractivity contribution >= 4 is 23.0 Å². The molecule has 4 aromatic carbocycles. The van der Waals surface area contributed by atoms with Gasteiger partial charge in [0.05, 0.1) is 12.1 Å². The fourth-order valence-electron chi connectivity index (χ4n) is 7.13. The monoisotopic (exact) mass is 552 g/mol. The van der Waals surface area contributed by atoms with Crippen LogP contribution in [0.1, 0.15) is 65.5 Å². The number of fused-ring (bicyclic) bond motifs is 2. The first-order valence-corrected chi connectivity index (χ1v) is 14.8. The smallest absolute Gasteiger partial charge is 0.211 e. The number of carbonyl (C=O) groups excluding carboxylic acids is 2. The van der Waals surface area contributed by atoms with Crippen LogP contribution in [0.25, 0.3) is 0 Å². The second-order valence-corrected chi connectivity index (χ2v) is 12.3. The third-order valence-electron chi connectivity index (χ3n) is 9.91. The Morgan fingerprint density at radius 3 is 1.38 bits per heavy atom. The summed E-state index contributed by atoms with van der Waals surface area (Å²) >= 11 is 0. The van der Waals surface area contributed by atoms with Gasteiger partial charge in [0.1, 0.15) is 11.4 Å². The van der Waals surface area contributed by atoms with Gasteiger partial charge in [-0.15, -0.1) is 0 Å². The number of hydrogen-bond donors (Lipinski definition) is 0. The van der Waals surface area contributed by atoms with Gasteiger partial charge in [-0.3, -0.25) is 19.6 Å². The third-order valence-corrected chi connectivity index (χ3v) is 9.91. The van der Waals surface area contributed by atoms with Gasteiger partial charge >= 0.3 is 0 Å². The molecule has 4 atom stereocenters. The summed E-state index contributed by atoms with van der Waals surface area (Å²) < 4.78 is 0. The molecule has 0 heterocycles. The van der Waals surface area contributed by atoms with E-state index in [1.54, 1.807) is 0 Å². The van der Waals surface area contributed by atoms with E-state index in [2.05, 4.69) is 20.8 Å². The van der Waals surface area contributed by atoms with Gasteiger partial charge in [0.25, 0.3) is 0 Å². The van der Waals surface area contributed by atoms with E-state index in [4.69, 9.17) is 9.98 Å². The van der Waals surface area contributed by atoms with Crippen LogP contribution < -0.4 is 0 Å². The summed E-state index contributed by atoms with van der Waals surface area (Å²) in [5.41, 5.74) is 3.44. The summed E-state index contributed by atoms with van der Waals surface area (Å²) in [6, 6.07) is 37.7. The molecule has 4 aromatic rings. The Kier molecular flexibility index (Phi) is 7.32. The molecule has 2 fully saturated rings. The molecule has 0 amide bonds. The Balaban J connectivity index is 1.53. The summed E-state index contributed by atoms with van der Waals surface area (Å²) in [6.45, 7) is 6.92. The highest BCUT2D eigenvalue weighted by molar-refractivity contribution is 6.52. The molecule has 6 rings (SSSR count). The second kappa shape index (κ2) is 11.1. The number of aliphatic imine (C=N–C) groups is 2. The fraction of sp³-hybridized carbons (Fsp3) is 0.263. The lowest BCUT2D eigenvalue weighted by Gasteiger charge is -2.38. The van der Waals surface area contributed by atoms with E-state index < -0.39 is 0 Å². The van der Waals surface area contributed by atoms with E-state index in [0.29, 0.717) is 22.6 Å². The van der Waals surface area contributed by atoms with Gasteiger partial charge in [-0.2, -0.15) is 0 Å². The molecular weight excluding hydrogens is 516 g/mol. The number of benzene rings is 4. The maximum absolute atomic E-state index is 14.0. The van der Waals surface area contributed by atoms with Crippen LogP contribution in [-0.2, 0) is 0 Å². The first-order valence-electron chi connectivity index (χ1n) is 14.8. The molecule has 42 heavy (non-hydrogen) atoms. The van der Waals surface area contributed by atoms with Crippen molar-refractivity contribution in [3.8, 4) is 0 Å². The van der Waals surface area contributed by atoms with E-state index in [0.717, 1.165) is 24.0 Å². The van der Waals surface area contributed by atoms with Crippen LogP contribution in [0, 0.1) is 16.7 Å². The Bertz CT molecular complexity index is 1640. The average Bonchev–Trinajstić information content (AvgIpc) is 3.36. The summed E-state index contributed by atoms with van der Waals surface area (Å²) in [4.78, 5) is 38.8. The first kappa shape index (κ1) is 27.7. The molecule has 0 radical (unpaired) electrons. The fourth-order valence-corrected chi connectivity index (χ4v) is 7.13. The number of nitrogens with zero attached hydrogens (tertiary/aromatic N) is 2. The van der Waals surface area contributed by atoms with Gasteiger partial charge in [0.2, 0.25) is 11.6 Å². The molecule has 2 saturated carbocycles. The molecule has 0 saturated heterocycles. The molecule has 2 aliphatic carbocycles. The van der Waals surface area contributed by atoms with E-state index in [1.807, 2.05) is 121 Å². The van der Waals surface area contributed by atoms with Crippen LogP contribution in [0.4, 0.5) is 0 Å². The Morgan fingerprint density at radius 2 is 0.952 bits per heavy atom. The van der Waals surface area contributed by atoms with Crippen molar-refractivity contribution in [1.82, 2.24) is 0 Å². The second-order valence-electron chi connectivity index (χ2n) is 12.3. The summed E-state index contributed by atoms with van der Waals surface area (Å²) in [5, 5.41) is 0. The van der Waals surface area contributed by atoms with Gasteiger partial charge in [-0.05, 0) is 29.6 Å². The molecule has 0 N–H and O–H groups in total. The highest BCUT2D eigenvalue weighted by atomic mass is 16.1. The molecule has 0 aromatic heterocycles. The van der Waals surface area contributed by atoms with Crippen LogP contribution in [-0.4, -0.2) is 35.1 Å². The lowest BCUT2D eigenvalue weighted by Crippen LogP contribution is -2.40. The van der Waals surface area contributed by atoms with Gasteiger partial charge in [-0.1, -0.05) is 142 Å². The zero-order valence-electron chi connectivity index (χ0n) is 24.4. The quantitative estimate of drug-likeness (QED) is 0.165. The lowest BCUT2D eigenvalue weighted by atomic mass is 9.69. The summed E-state index contributed by atoms with van der Waals surface area (Å²) in [7, 11) is 0. The molecule has 2 aliphatic rings. The minimum atomic E-state index is -0.267. The normalized spacial score (nSPS) is 24.9. The summed E-state index contributed by atoms with van der Waals surface area (Å²) in [5.74, 6) is 0.0265. The van der Waals surface area contributed by atoms with Crippen molar-refractivity contribution in [2.75, 3.05) is 0 Å². The van der Waals surface area contributed by atoms with Crippen molar-refractivity contribution in [3.05, 3.63) is 144 Å². The standard InChI is InChI=1S/C38H36N2O2/c1-37(2)30-24-25-38(37,3)36(40-32(27-18-10-5-11-19-27)35(42)29-22-14-7-15-23-29)33(30)39-31(26-16-8-4-9-17-26)34(41)28-20-12-6-13-21-28/h4-23,30,33,36H,24-25H2,1-3H3/t30-,33+,36+,38+/m0/s1. The molecule has 2 bridgehead atoms. The number of hydrogen-bond acceptors (Lipinski definition) is 4. The molecule has 4 heteroatoms. The van der Waals surface area contributed by atoms with Gasteiger partial charge in [0, 0.05) is 22.3 Å². The highest BCUT2D eigenvalue weighted by Gasteiger charge is 2.66. The maximum atomic E-state index is 14.0. The zero-order valence-corrected chi connectivity index (χ0v) is 24.4. The Hall–Kier alpha value is -4.44. The van der Waals surface area contributed by atoms with Crippen LogP contribution in [0.15, 0.2) is 131 Å². The van der Waals surface area contributed by atoms with E-state index in [1.165, 1.54) is 0 Å². The number of rotatable bonds is 8. The van der Waals surface area contributed by atoms with Crippen LogP contribution >= 0.6 is 0 Å². The van der Waals surface area contributed by atoms with Crippen molar-refractivity contribution in [2.24, 2.45) is 26.7 Å². The van der Waals surface area contributed by atoms with Crippen LogP contribution in [0.3, 0.4) is 0 Å². The largest absolute Gasteiger partial charge is 0.287 e. The highest BCUT2D eigenvalue weighted by Crippen LogP contribution is 2.67. The maximum Gasteiger partial charge on any atom is 0.211 e. The molecular formula is C38H36N2O2. The Labute approximate surface area is 248 Å². The molecule has 4 nitrogen and oxygen atoms in total. The Morgan fingerprint density at radius 1 is 0.571 bits per heavy atom. The van der Waals surface area contributed by atoms with Gasteiger partial charge in [-0.25, -0.2) is 0 Å². The van der Waals surface area contributed by atoms with Crippen molar-refractivity contribution in [2.45, 2.75) is 45.7 Å². The zero-order chi connectivity index (χ0) is 29.3. The topological polar surface area (TPSA) is 58.9 Å². The predicted octanol–water partition coefficient (Wildman–Crippen LogP) is 7.92. The molecule has 0 unspecified atom stereocenters. The van der Waals surface area contributed by atoms with E-state index in [9.17, 15) is 9.59 Å². The number of carbonyl (C=O) groups is 2. The first-order chi connectivity index (χ1) is 20.3. The van der Waals surface area contributed by atoms with Crippen molar-refractivity contribution in [1.29, 1.82) is 0 Å². The van der Waals surface area contributed by atoms with Crippen molar-refractivity contribution in [3.63, 3.8) is 0 Å². The van der Waals surface area contributed by atoms with E-state index >= 15 is 0 Å². The van der Waals surface area contributed by atoms with Gasteiger partial charge in [0.15, 0.2) is 0 Å². The van der Waals surface area contributed by atoms with E-state index in [-0.39, 0.29) is 40.4 Å². The molecule has 210 valence electrons. The average molecular weight is 553 g/mol. The minimum absolute atomic E-state index is 0.0789. The lowest BCUT2D eigenvalue weighted by molar-refractivity contribution is 0.105. The van der Waals surface area contributed by atoms with Crippen LogP contribution in [0.2, 0.25) is 0 Å². The minimum Gasteiger partial charge on any atom is -0.287 e. The predicted molar refractivity (Wildman–Crippen MR) is 170 cm³/mol.